The van der Waals surface area contributed by atoms with Gasteiger partial charge in [-0.15, -0.1) is 0 Å². The molecule has 0 fully saturated rings. The molecule has 4 nitrogen and oxygen atoms in total. The maximum atomic E-state index is 11.6. The summed E-state index contributed by atoms with van der Waals surface area (Å²) < 4.78 is 5.09. The molecule has 5 heteroatoms. The van der Waals surface area contributed by atoms with Crippen molar-refractivity contribution in [3.05, 3.63) is 34.9 Å². The van der Waals surface area contributed by atoms with Crippen LogP contribution in [0.15, 0.2) is 24.3 Å². The standard InChI is InChI=1S/C13H15ClN2O2/c1-13(2,3)18-12(17)16-11(8-15)9-4-6-10(14)7-5-9/h4-7,11H,1-3H3,(H,16,17)/t11-/m1/s1. The van der Waals surface area contributed by atoms with Gasteiger partial charge in [0, 0.05) is 5.02 Å². The summed E-state index contributed by atoms with van der Waals surface area (Å²) in [5, 5.41) is 12.1. The number of halogens is 1. The van der Waals surface area contributed by atoms with Gasteiger partial charge < -0.3 is 10.1 Å². The molecule has 1 aromatic carbocycles. The Morgan fingerprint density at radius 3 is 2.39 bits per heavy atom. The molecule has 1 N–H and O–H groups in total. The average molecular weight is 267 g/mol. The van der Waals surface area contributed by atoms with Crippen molar-refractivity contribution in [2.24, 2.45) is 0 Å². The average Bonchev–Trinajstić information content (AvgIpc) is 2.25. The van der Waals surface area contributed by atoms with Crippen LogP contribution in [0, 0.1) is 11.3 Å². The molecule has 1 aromatic rings. The van der Waals surface area contributed by atoms with Gasteiger partial charge in [0.15, 0.2) is 0 Å². The normalized spacial score (nSPS) is 12.4. The van der Waals surface area contributed by atoms with E-state index < -0.39 is 17.7 Å². The van der Waals surface area contributed by atoms with Gasteiger partial charge in [0.1, 0.15) is 11.6 Å². The van der Waals surface area contributed by atoms with E-state index in [9.17, 15) is 4.79 Å². The quantitative estimate of drug-likeness (QED) is 0.892. The molecule has 0 spiro atoms. The molecule has 0 unspecified atom stereocenters. The Morgan fingerprint density at radius 1 is 1.39 bits per heavy atom. The summed E-state index contributed by atoms with van der Waals surface area (Å²) in [5.74, 6) is 0. The number of rotatable bonds is 2. The van der Waals surface area contributed by atoms with Crippen molar-refractivity contribution in [2.75, 3.05) is 0 Å². The van der Waals surface area contributed by atoms with Crippen LogP contribution in [0.25, 0.3) is 0 Å². The predicted molar refractivity (Wildman–Crippen MR) is 69.2 cm³/mol. The fourth-order valence-electron chi connectivity index (χ4n) is 1.27. The first-order chi connectivity index (χ1) is 8.31. The van der Waals surface area contributed by atoms with Gasteiger partial charge in [-0.3, -0.25) is 0 Å². The van der Waals surface area contributed by atoms with E-state index in [1.165, 1.54) is 0 Å². The molecule has 1 rings (SSSR count). The second kappa shape index (κ2) is 5.74. The Morgan fingerprint density at radius 2 is 1.94 bits per heavy atom. The van der Waals surface area contributed by atoms with Crippen LogP contribution in [0.1, 0.15) is 32.4 Å². The predicted octanol–water partition coefficient (Wildman–Crippen LogP) is 3.43. The van der Waals surface area contributed by atoms with E-state index in [1.807, 2.05) is 6.07 Å². The van der Waals surface area contributed by atoms with Crippen LogP contribution in [0.5, 0.6) is 0 Å². The maximum absolute atomic E-state index is 11.6. The van der Waals surface area contributed by atoms with Crippen molar-refractivity contribution in [2.45, 2.75) is 32.4 Å². The minimum atomic E-state index is -0.753. The van der Waals surface area contributed by atoms with Gasteiger partial charge in [-0.05, 0) is 38.5 Å². The summed E-state index contributed by atoms with van der Waals surface area (Å²) in [5.41, 5.74) is 0.0668. The number of hydrogen-bond donors (Lipinski definition) is 1. The molecule has 96 valence electrons. The summed E-state index contributed by atoms with van der Waals surface area (Å²) in [6.45, 7) is 5.28. The second-order valence-electron chi connectivity index (χ2n) is 4.76. The van der Waals surface area contributed by atoms with E-state index in [0.29, 0.717) is 10.6 Å². The number of ether oxygens (including phenoxy) is 1. The monoisotopic (exact) mass is 266 g/mol. The van der Waals surface area contributed by atoms with Crippen molar-refractivity contribution in [3.8, 4) is 6.07 Å². The largest absolute Gasteiger partial charge is 0.444 e. The summed E-state index contributed by atoms with van der Waals surface area (Å²) in [4.78, 5) is 11.6. The Bertz CT molecular complexity index is 457. The number of nitriles is 1. The SMILES string of the molecule is CC(C)(C)OC(=O)N[C@H](C#N)c1ccc(Cl)cc1. The molecule has 1 atom stereocenters. The third kappa shape index (κ3) is 4.64. The summed E-state index contributed by atoms with van der Waals surface area (Å²) >= 11 is 5.76. The highest BCUT2D eigenvalue weighted by Gasteiger charge is 2.20. The number of benzene rings is 1. The summed E-state index contributed by atoms with van der Waals surface area (Å²) in [6.07, 6.45) is -0.621. The smallest absolute Gasteiger partial charge is 0.408 e. The molecular weight excluding hydrogens is 252 g/mol. The highest BCUT2D eigenvalue weighted by Crippen LogP contribution is 2.17. The molecule has 0 aliphatic rings. The van der Waals surface area contributed by atoms with Crippen molar-refractivity contribution in [3.63, 3.8) is 0 Å². The molecule has 0 radical (unpaired) electrons. The van der Waals surface area contributed by atoms with Crippen molar-refractivity contribution in [1.29, 1.82) is 5.26 Å². The molecule has 0 bridgehead atoms. The zero-order valence-electron chi connectivity index (χ0n) is 10.5. The number of alkyl carbamates (subject to hydrolysis) is 1. The Kier molecular flexibility index (Phi) is 4.57. The number of carbonyl (C=O) groups excluding carboxylic acids is 1. The minimum Gasteiger partial charge on any atom is -0.444 e. The van der Waals surface area contributed by atoms with Crippen molar-refractivity contribution in [1.82, 2.24) is 5.32 Å². The van der Waals surface area contributed by atoms with Gasteiger partial charge in [-0.2, -0.15) is 5.26 Å². The lowest BCUT2D eigenvalue weighted by atomic mass is 10.1. The lowest BCUT2D eigenvalue weighted by Gasteiger charge is -2.21. The summed E-state index contributed by atoms with van der Waals surface area (Å²) in [7, 11) is 0. The Hall–Kier alpha value is -1.73. The molecule has 0 saturated carbocycles. The van der Waals surface area contributed by atoms with E-state index in [0.717, 1.165) is 0 Å². The van der Waals surface area contributed by atoms with Crippen LogP contribution in [0.3, 0.4) is 0 Å². The Balaban J connectivity index is 2.72. The van der Waals surface area contributed by atoms with Gasteiger partial charge in [-0.25, -0.2) is 4.79 Å². The van der Waals surface area contributed by atoms with E-state index in [1.54, 1.807) is 45.0 Å². The lowest BCUT2D eigenvalue weighted by Crippen LogP contribution is -2.34. The molecule has 18 heavy (non-hydrogen) atoms. The molecule has 1 amide bonds. The Labute approximate surface area is 112 Å². The third-order valence-corrected chi connectivity index (χ3v) is 2.25. The van der Waals surface area contributed by atoms with Crippen LogP contribution in [-0.2, 0) is 4.74 Å². The highest BCUT2D eigenvalue weighted by molar-refractivity contribution is 6.30. The van der Waals surface area contributed by atoms with Gasteiger partial charge in [0.2, 0.25) is 0 Å². The second-order valence-corrected chi connectivity index (χ2v) is 5.20. The van der Waals surface area contributed by atoms with Crippen LogP contribution in [-0.4, -0.2) is 11.7 Å². The van der Waals surface area contributed by atoms with Crippen LogP contribution >= 0.6 is 11.6 Å². The van der Waals surface area contributed by atoms with Gasteiger partial charge in [-0.1, -0.05) is 23.7 Å². The van der Waals surface area contributed by atoms with E-state index in [4.69, 9.17) is 21.6 Å². The first kappa shape index (κ1) is 14.3. The number of nitrogens with one attached hydrogen (secondary N) is 1. The lowest BCUT2D eigenvalue weighted by molar-refractivity contribution is 0.0515. The molecule has 0 aromatic heterocycles. The van der Waals surface area contributed by atoms with Crippen molar-refractivity contribution < 1.29 is 9.53 Å². The molecule has 0 heterocycles. The topological polar surface area (TPSA) is 62.1 Å². The van der Waals surface area contributed by atoms with Gasteiger partial charge in [0.05, 0.1) is 6.07 Å². The molecular formula is C13H15ClN2O2. The van der Waals surface area contributed by atoms with Crippen molar-refractivity contribution >= 4 is 17.7 Å². The zero-order chi connectivity index (χ0) is 13.8. The van der Waals surface area contributed by atoms with Crippen LogP contribution in [0.4, 0.5) is 4.79 Å². The first-order valence-corrected chi connectivity index (χ1v) is 5.84. The van der Waals surface area contributed by atoms with Crippen LogP contribution in [0.2, 0.25) is 5.02 Å². The number of carbonyl (C=O) groups is 1. The number of nitrogens with zero attached hydrogens (tertiary/aromatic N) is 1. The van der Waals surface area contributed by atoms with Gasteiger partial charge >= 0.3 is 6.09 Å². The molecule has 0 saturated heterocycles. The summed E-state index contributed by atoms with van der Waals surface area (Å²) in [6, 6.07) is 7.95. The number of amides is 1. The van der Waals surface area contributed by atoms with Crippen LogP contribution < -0.4 is 5.32 Å². The van der Waals surface area contributed by atoms with Gasteiger partial charge in [0.25, 0.3) is 0 Å². The van der Waals surface area contributed by atoms with E-state index in [2.05, 4.69) is 5.32 Å². The zero-order valence-corrected chi connectivity index (χ0v) is 11.3. The van der Waals surface area contributed by atoms with E-state index >= 15 is 0 Å². The fourth-order valence-corrected chi connectivity index (χ4v) is 1.40. The minimum absolute atomic E-state index is 0.577. The fraction of sp³-hybridized carbons (Fsp3) is 0.385. The first-order valence-electron chi connectivity index (χ1n) is 5.46. The molecule has 0 aliphatic carbocycles. The molecule has 0 aliphatic heterocycles. The number of hydrogen-bond acceptors (Lipinski definition) is 3. The van der Waals surface area contributed by atoms with E-state index in [-0.39, 0.29) is 0 Å². The maximum Gasteiger partial charge on any atom is 0.408 e. The highest BCUT2D eigenvalue weighted by atomic mass is 35.5. The third-order valence-electron chi connectivity index (χ3n) is 1.99.